The molecular weight excluding hydrogens is 410 g/mol. The first-order valence-electron chi connectivity index (χ1n) is 9.90. The van der Waals surface area contributed by atoms with E-state index in [-0.39, 0.29) is 23.3 Å². The van der Waals surface area contributed by atoms with Crippen molar-refractivity contribution in [2.24, 2.45) is 0 Å². The van der Waals surface area contributed by atoms with E-state index in [2.05, 4.69) is 19.9 Å². The molecule has 2 heterocycles. The zero-order valence-electron chi connectivity index (χ0n) is 17.3. The highest BCUT2D eigenvalue weighted by Gasteiger charge is 2.30. The number of carbonyl (C=O) groups is 1. The van der Waals surface area contributed by atoms with Gasteiger partial charge in [-0.25, -0.2) is 18.1 Å². The molecule has 1 unspecified atom stereocenters. The molecule has 0 radical (unpaired) electrons. The average Bonchev–Trinajstić information content (AvgIpc) is 3.37. The highest BCUT2D eigenvalue weighted by Crippen LogP contribution is 2.30. The van der Waals surface area contributed by atoms with Crippen molar-refractivity contribution in [2.45, 2.75) is 38.0 Å². The normalized spacial score (nSPS) is 16.6. The Morgan fingerprint density at radius 1 is 1.27 bits per heavy atom. The number of H-pyrrole nitrogens is 1. The Labute approximate surface area is 176 Å². The monoisotopic (exact) mass is 437 g/mol. The Morgan fingerprint density at radius 2 is 2.00 bits per heavy atom. The molecule has 0 saturated carbocycles. The molecule has 2 N–H and O–H groups in total. The second-order valence-corrected chi connectivity index (χ2v) is 8.67. The first-order chi connectivity index (χ1) is 14.3. The van der Waals surface area contributed by atoms with Crippen molar-refractivity contribution in [3.05, 3.63) is 29.8 Å². The third kappa shape index (κ3) is 5.08. The summed E-state index contributed by atoms with van der Waals surface area (Å²) in [5.74, 6) is 1.99. The first kappa shape index (κ1) is 22.0. The average molecular weight is 438 g/mol. The number of ether oxygens (including phenoxy) is 2. The number of amides is 1. The molecule has 1 aromatic heterocycles. The van der Waals surface area contributed by atoms with Crippen molar-refractivity contribution in [3.8, 4) is 11.5 Å². The number of hydrogen-bond acceptors (Lipinski definition) is 7. The molecule has 1 saturated heterocycles. The van der Waals surface area contributed by atoms with Crippen molar-refractivity contribution in [1.29, 1.82) is 0 Å². The maximum atomic E-state index is 12.7. The number of sulfonamides is 1. The van der Waals surface area contributed by atoms with Gasteiger partial charge in [-0.15, -0.1) is 0 Å². The van der Waals surface area contributed by atoms with E-state index < -0.39 is 10.0 Å². The van der Waals surface area contributed by atoms with Gasteiger partial charge in [0.05, 0.1) is 24.7 Å². The van der Waals surface area contributed by atoms with E-state index in [1.54, 1.807) is 17.9 Å². The SMILES string of the molecule is CCOc1ccc(S(=O)(=O)NCC(=O)N2CCC(c3n[nH]c(C)n3)C2)cc1OCC. The molecule has 1 fully saturated rings. The number of aryl methyl sites for hydroxylation is 1. The van der Waals surface area contributed by atoms with Gasteiger partial charge in [-0.1, -0.05) is 0 Å². The van der Waals surface area contributed by atoms with Gasteiger partial charge in [-0.3, -0.25) is 9.89 Å². The minimum atomic E-state index is -3.88. The van der Waals surface area contributed by atoms with Gasteiger partial charge in [0.15, 0.2) is 17.3 Å². The molecule has 11 heteroatoms. The quantitative estimate of drug-likeness (QED) is 0.604. The molecule has 0 bridgehead atoms. The van der Waals surface area contributed by atoms with E-state index >= 15 is 0 Å². The van der Waals surface area contributed by atoms with Crippen LogP contribution in [0.2, 0.25) is 0 Å². The Bertz CT molecular complexity index is 991. The molecule has 3 rings (SSSR count). The largest absolute Gasteiger partial charge is 0.490 e. The molecular formula is C19H27N5O5S. The van der Waals surface area contributed by atoms with Crippen molar-refractivity contribution in [1.82, 2.24) is 24.8 Å². The van der Waals surface area contributed by atoms with Gasteiger partial charge in [0.2, 0.25) is 15.9 Å². The fourth-order valence-corrected chi connectivity index (χ4v) is 4.28. The number of nitrogens with zero attached hydrogens (tertiary/aromatic N) is 3. The van der Waals surface area contributed by atoms with Crippen LogP contribution in [-0.2, 0) is 14.8 Å². The number of hydrogen-bond donors (Lipinski definition) is 2. The van der Waals surface area contributed by atoms with Crippen molar-refractivity contribution in [2.75, 3.05) is 32.8 Å². The zero-order valence-corrected chi connectivity index (χ0v) is 18.2. The van der Waals surface area contributed by atoms with Gasteiger partial charge in [0.25, 0.3) is 0 Å². The summed E-state index contributed by atoms with van der Waals surface area (Å²) in [4.78, 5) is 18.5. The molecule has 0 aliphatic carbocycles. The van der Waals surface area contributed by atoms with E-state index in [1.165, 1.54) is 12.1 Å². The van der Waals surface area contributed by atoms with Crippen molar-refractivity contribution < 1.29 is 22.7 Å². The minimum Gasteiger partial charge on any atom is -0.490 e. The fourth-order valence-electron chi connectivity index (χ4n) is 3.29. The lowest BCUT2D eigenvalue weighted by molar-refractivity contribution is -0.128. The second kappa shape index (κ2) is 9.43. The van der Waals surface area contributed by atoms with E-state index in [9.17, 15) is 13.2 Å². The Hall–Kier alpha value is -2.66. The molecule has 1 amide bonds. The number of rotatable bonds is 9. The van der Waals surface area contributed by atoms with Crippen molar-refractivity contribution >= 4 is 15.9 Å². The fraction of sp³-hybridized carbons (Fsp3) is 0.526. The Balaban J connectivity index is 1.62. The molecule has 1 atom stereocenters. The summed E-state index contributed by atoms with van der Waals surface area (Å²) < 4.78 is 38.6. The van der Waals surface area contributed by atoms with E-state index in [1.807, 2.05) is 13.8 Å². The van der Waals surface area contributed by atoms with Crippen molar-refractivity contribution in [3.63, 3.8) is 0 Å². The second-order valence-electron chi connectivity index (χ2n) is 6.90. The Kier molecular flexibility index (Phi) is 6.93. The smallest absolute Gasteiger partial charge is 0.241 e. The summed E-state index contributed by atoms with van der Waals surface area (Å²) >= 11 is 0. The third-order valence-electron chi connectivity index (χ3n) is 4.76. The molecule has 30 heavy (non-hydrogen) atoms. The number of nitrogens with one attached hydrogen (secondary N) is 2. The third-order valence-corrected chi connectivity index (χ3v) is 6.16. The maximum absolute atomic E-state index is 12.7. The molecule has 1 aliphatic heterocycles. The standard InChI is InChI=1S/C19H27N5O5S/c1-4-28-16-7-6-15(10-17(16)29-5-2)30(26,27)20-11-18(25)24-9-8-14(12-24)19-21-13(3)22-23-19/h6-7,10,14,20H,4-5,8-9,11-12H2,1-3H3,(H,21,22,23). The van der Waals surface area contributed by atoms with Crippen LogP contribution in [0, 0.1) is 6.92 Å². The number of likely N-dealkylation sites (tertiary alicyclic amines) is 1. The predicted octanol–water partition coefficient (Wildman–Crippen LogP) is 1.20. The van der Waals surface area contributed by atoms with Crippen LogP contribution >= 0.6 is 0 Å². The summed E-state index contributed by atoms with van der Waals surface area (Å²) in [6.45, 7) is 6.95. The predicted molar refractivity (Wildman–Crippen MR) is 109 cm³/mol. The lowest BCUT2D eigenvalue weighted by atomic mass is 10.1. The van der Waals surface area contributed by atoms with Crippen LogP contribution in [0.15, 0.2) is 23.1 Å². The van der Waals surface area contributed by atoms with E-state index in [0.717, 1.165) is 12.2 Å². The van der Waals surface area contributed by atoms with E-state index in [0.29, 0.717) is 43.6 Å². The highest BCUT2D eigenvalue weighted by atomic mass is 32.2. The molecule has 10 nitrogen and oxygen atoms in total. The van der Waals surface area contributed by atoms with Crippen LogP contribution in [0.4, 0.5) is 0 Å². The first-order valence-corrected chi connectivity index (χ1v) is 11.4. The molecule has 164 valence electrons. The van der Waals surface area contributed by atoms with Crippen LogP contribution < -0.4 is 14.2 Å². The summed E-state index contributed by atoms with van der Waals surface area (Å²) in [7, 11) is -3.88. The van der Waals surface area contributed by atoms with Crippen LogP contribution in [0.3, 0.4) is 0 Å². The summed E-state index contributed by atoms with van der Waals surface area (Å²) in [5, 5.41) is 6.96. The lowest BCUT2D eigenvalue weighted by Gasteiger charge is -2.17. The topological polar surface area (TPSA) is 127 Å². The highest BCUT2D eigenvalue weighted by molar-refractivity contribution is 7.89. The lowest BCUT2D eigenvalue weighted by Crippen LogP contribution is -2.39. The van der Waals surface area contributed by atoms with E-state index in [4.69, 9.17) is 9.47 Å². The van der Waals surface area contributed by atoms with Gasteiger partial charge in [0, 0.05) is 25.1 Å². The Morgan fingerprint density at radius 3 is 2.67 bits per heavy atom. The van der Waals surface area contributed by atoms with Crippen LogP contribution in [0.1, 0.15) is 37.8 Å². The minimum absolute atomic E-state index is 0.0118. The number of benzene rings is 1. The zero-order chi connectivity index (χ0) is 21.7. The van der Waals surface area contributed by atoms with Crippen LogP contribution in [0.5, 0.6) is 11.5 Å². The van der Waals surface area contributed by atoms with Gasteiger partial charge in [0.1, 0.15) is 5.82 Å². The number of aromatic nitrogens is 3. The van der Waals surface area contributed by atoms with Gasteiger partial charge in [-0.2, -0.15) is 5.10 Å². The summed E-state index contributed by atoms with van der Waals surface area (Å²) in [6, 6.07) is 4.38. The molecule has 1 aromatic carbocycles. The maximum Gasteiger partial charge on any atom is 0.241 e. The molecule has 1 aliphatic rings. The summed E-state index contributed by atoms with van der Waals surface area (Å²) in [6.07, 6.45) is 0.742. The van der Waals surface area contributed by atoms with Gasteiger partial charge < -0.3 is 14.4 Å². The molecule has 0 spiro atoms. The van der Waals surface area contributed by atoms with Crippen LogP contribution in [0.25, 0.3) is 0 Å². The number of aromatic amines is 1. The van der Waals surface area contributed by atoms with Crippen LogP contribution in [-0.4, -0.2) is 67.3 Å². The van der Waals surface area contributed by atoms with Gasteiger partial charge in [-0.05, 0) is 39.3 Å². The van der Waals surface area contributed by atoms with Gasteiger partial charge >= 0.3 is 0 Å². The molecule has 2 aromatic rings. The number of carbonyl (C=O) groups excluding carboxylic acids is 1. The summed E-state index contributed by atoms with van der Waals surface area (Å²) in [5.41, 5.74) is 0.